The fourth-order valence-electron chi connectivity index (χ4n) is 2.14. The smallest absolute Gasteiger partial charge is 0.0798 e. The Balaban J connectivity index is 1.88. The Morgan fingerprint density at radius 1 is 1.50 bits per heavy atom. The number of thiazole rings is 1. The predicted molar refractivity (Wildman–Crippen MR) is 68.8 cm³/mol. The second-order valence-electron chi connectivity index (χ2n) is 4.95. The molecule has 1 aromatic rings. The number of piperidine rings is 1. The van der Waals surface area contributed by atoms with Crippen LogP contribution in [-0.4, -0.2) is 35.6 Å². The van der Waals surface area contributed by atoms with E-state index in [0.29, 0.717) is 5.54 Å². The second-order valence-corrected chi connectivity index (χ2v) is 5.89. The number of nitrogens with one attached hydrogen (secondary N) is 1. The molecule has 0 atom stereocenters. The lowest BCUT2D eigenvalue weighted by Gasteiger charge is -2.39. The van der Waals surface area contributed by atoms with Gasteiger partial charge in [0.1, 0.15) is 0 Å². The summed E-state index contributed by atoms with van der Waals surface area (Å²) in [6, 6.07) is 0. The van der Waals surface area contributed by atoms with Crippen molar-refractivity contribution in [3.63, 3.8) is 0 Å². The molecule has 0 aliphatic carbocycles. The standard InChI is InChI=1S/C12H21N3S/c1-10-11(16-9-14-10)8-15-6-4-12(2,13-3)5-7-15/h9,13H,4-8H2,1-3H3. The summed E-state index contributed by atoms with van der Waals surface area (Å²) in [7, 11) is 2.07. The van der Waals surface area contributed by atoms with Gasteiger partial charge >= 0.3 is 0 Å². The Labute approximate surface area is 102 Å². The normalized spacial score (nSPS) is 21.2. The summed E-state index contributed by atoms with van der Waals surface area (Å²) in [6.45, 7) is 7.88. The van der Waals surface area contributed by atoms with Gasteiger partial charge in [-0.05, 0) is 33.7 Å². The van der Waals surface area contributed by atoms with E-state index < -0.39 is 0 Å². The van der Waals surface area contributed by atoms with Crippen LogP contribution in [0.2, 0.25) is 0 Å². The molecule has 1 N–H and O–H groups in total. The molecule has 3 nitrogen and oxygen atoms in total. The van der Waals surface area contributed by atoms with E-state index in [2.05, 4.69) is 36.1 Å². The van der Waals surface area contributed by atoms with E-state index in [9.17, 15) is 0 Å². The average molecular weight is 239 g/mol. The molecule has 0 bridgehead atoms. The maximum atomic E-state index is 4.31. The Morgan fingerprint density at radius 3 is 2.69 bits per heavy atom. The molecule has 0 spiro atoms. The molecule has 1 fully saturated rings. The highest BCUT2D eigenvalue weighted by molar-refractivity contribution is 7.09. The van der Waals surface area contributed by atoms with E-state index in [1.54, 1.807) is 11.3 Å². The third-order valence-electron chi connectivity index (χ3n) is 3.78. The monoisotopic (exact) mass is 239 g/mol. The zero-order valence-electron chi connectivity index (χ0n) is 10.4. The van der Waals surface area contributed by atoms with Gasteiger partial charge in [-0.2, -0.15) is 0 Å². The molecule has 1 saturated heterocycles. The van der Waals surface area contributed by atoms with Crippen LogP contribution in [0.25, 0.3) is 0 Å². The van der Waals surface area contributed by atoms with Crippen molar-refractivity contribution in [1.29, 1.82) is 0 Å². The summed E-state index contributed by atoms with van der Waals surface area (Å²) >= 11 is 1.78. The minimum atomic E-state index is 0.346. The first-order chi connectivity index (χ1) is 7.63. The molecule has 4 heteroatoms. The quantitative estimate of drug-likeness (QED) is 0.875. The molecule has 0 amide bonds. The number of aryl methyl sites for hydroxylation is 1. The lowest BCUT2D eigenvalue weighted by Crippen LogP contribution is -2.49. The molecule has 1 aromatic heterocycles. The summed E-state index contributed by atoms with van der Waals surface area (Å²) in [4.78, 5) is 8.27. The first-order valence-corrected chi connectivity index (χ1v) is 6.81. The van der Waals surface area contributed by atoms with Crippen molar-refractivity contribution in [3.05, 3.63) is 16.1 Å². The highest BCUT2D eigenvalue weighted by Gasteiger charge is 2.28. The molecule has 1 aliphatic heterocycles. The number of hydrogen-bond donors (Lipinski definition) is 1. The Hall–Kier alpha value is -0.450. The largest absolute Gasteiger partial charge is 0.314 e. The van der Waals surface area contributed by atoms with Crippen LogP contribution in [0, 0.1) is 6.92 Å². The number of nitrogens with zero attached hydrogens (tertiary/aromatic N) is 2. The Morgan fingerprint density at radius 2 is 2.19 bits per heavy atom. The van der Waals surface area contributed by atoms with Gasteiger partial charge in [0.15, 0.2) is 0 Å². The molecular weight excluding hydrogens is 218 g/mol. The topological polar surface area (TPSA) is 28.2 Å². The van der Waals surface area contributed by atoms with Crippen LogP contribution in [0.15, 0.2) is 5.51 Å². The third kappa shape index (κ3) is 2.62. The summed E-state index contributed by atoms with van der Waals surface area (Å²) in [5.41, 5.74) is 3.50. The molecule has 0 aromatic carbocycles. The van der Waals surface area contributed by atoms with Gasteiger partial charge in [0.05, 0.1) is 11.2 Å². The lowest BCUT2D eigenvalue weighted by atomic mass is 9.90. The Bertz CT molecular complexity index is 340. The van der Waals surface area contributed by atoms with Gasteiger partial charge in [0.25, 0.3) is 0 Å². The molecule has 90 valence electrons. The third-order valence-corrected chi connectivity index (χ3v) is 4.70. The van der Waals surface area contributed by atoms with Crippen LogP contribution < -0.4 is 5.32 Å². The van der Waals surface area contributed by atoms with Gasteiger partial charge in [-0.1, -0.05) is 0 Å². The predicted octanol–water partition coefficient (Wildman–Crippen LogP) is 2.03. The SMILES string of the molecule is CNC1(C)CCN(Cc2scnc2C)CC1. The number of rotatable bonds is 3. The zero-order chi connectivity index (χ0) is 11.6. The van der Waals surface area contributed by atoms with Crippen LogP contribution in [0.5, 0.6) is 0 Å². The van der Waals surface area contributed by atoms with Gasteiger partial charge < -0.3 is 5.32 Å². The van der Waals surface area contributed by atoms with E-state index in [4.69, 9.17) is 0 Å². The van der Waals surface area contributed by atoms with Crippen LogP contribution in [0.4, 0.5) is 0 Å². The van der Waals surface area contributed by atoms with Gasteiger partial charge in [-0.15, -0.1) is 11.3 Å². The van der Waals surface area contributed by atoms with Crippen molar-refractivity contribution in [2.45, 2.75) is 38.8 Å². The van der Waals surface area contributed by atoms with Crippen molar-refractivity contribution in [2.24, 2.45) is 0 Å². The molecule has 0 saturated carbocycles. The number of likely N-dealkylation sites (tertiary alicyclic amines) is 1. The van der Waals surface area contributed by atoms with E-state index in [1.165, 1.54) is 36.5 Å². The van der Waals surface area contributed by atoms with Gasteiger partial charge in [0.2, 0.25) is 0 Å². The average Bonchev–Trinajstić information content (AvgIpc) is 2.68. The molecule has 16 heavy (non-hydrogen) atoms. The zero-order valence-corrected chi connectivity index (χ0v) is 11.2. The minimum absolute atomic E-state index is 0.346. The second kappa shape index (κ2) is 4.82. The molecule has 0 unspecified atom stereocenters. The van der Waals surface area contributed by atoms with E-state index in [1.807, 2.05) is 5.51 Å². The van der Waals surface area contributed by atoms with E-state index in [-0.39, 0.29) is 0 Å². The summed E-state index contributed by atoms with van der Waals surface area (Å²) in [5.74, 6) is 0. The number of aromatic nitrogens is 1. The lowest BCUT2D eigenvalue weighted by molar-refractivity contribution is 0.147. The van der Waals surface area contributed by atoms with E-state index >= 15 is 0 Å². The summed E-state index contributed by atoms with van der Waals surface area (Å²) < 4.78 is 0. The Kier molecular flexibility index (Phi) is 3.62. The van der Waals surface area contributed by atoms with Gasteiger partial charge in [0, 0.05) is 30.1 Å². The highest BCUT2D eigenvalue weighted by Crippen LogP contribution is 2.23. The molecule has 0 radical (unpaired) electrons. The minimum Gasteiger partial charge on any atom is -0.314 e. The van der Waals surface area contributed by atoms with Crippen molar-refractivity contribution in [2.75, 3.05) is 20.1 Å². The maximum absolute atomic E-state index is 4.31. The van der Waals surface area contributed by atoms with Crippen LogP contribution in [0.3, 0.4) is 0 Å². The number of hydrogen-bond acceptors (Lipinski definition) is 4. The van der Waals surface area contributed by atoms with Crippen molar-refractivity contribution < 1.29 is 0 Å². The van der Waals surface area contributed by atoms with Gasteiger partial charge in [-0.25, -0.2) is 4.98 Å². The van der Waals surface area contributed by atoms with Crippen molar-refractivity contribution in [1.82, 2.24) is 15.2 Å². The summed E-state index contributed by atoms with van der Waals surface area (Å²) in [6.07, 6.45) is 2.47. The van der Waals surface area contributed by atoms with Gasteiger partial charge in [-0.3, -0.25) is 4.90 Å². The van der Waals surface area contributed by atoms with Crippen molar-refractivity contribution >= 4 is 11.3 Å². The van der Waals surface area contributed by atoms with Crippen molar-refractivity contribution in [3.8, 4) is 0 Å². The van der Waals surface area contributed by atoms with E-state index in [0.717, 1.165) is 6.54 Å². The fraction of sp³-hybridized carbons (Fsp3) is 0.750. The molecule has 1 aliphatic rings. The highest BCUT2D eigenvalue weighted by atomic mass is 32.1. The molecular formula is C12H21N3S. The van der Waals surface area contributed by atoms with Crippen LogP contribution >= 0.6 is 11.3 Å². The maximum Gasteiger partial charge on any atom is 0.0798 e. The van der Waals surface area contributed by atoms with Crippen LogP contribution in [-0.2, 0) is 6.54 Å². The van der Waals surface area contributed by atoms with Crippen LogP contribution in [0.1, 0.15) is 30.3 Å². The fourth-order valence-corrected chi connectivity index (χ4v) is 2.95. The molecule has 2 rings (SSSR count). The molecule has 2 heterocycles. The first kappa shape index (κ1) is 12.0. The summed E-state index contributed by atoms with van der Waals surface area (Å²) in [5, 5.41) is 3.43. The first-order valence-electron chi connectivity index (χ1n) is 5.93.